The van der Waals surface area contributed by atoms with Crippen LogP contribution in [0.1, 0.15) is 26.2 Å². The molecule has 0 saturated heterocycles. The smallest absolute Gasteiger partial charge is 0.0633 e. The quantitative estimate of drug-likeness (QED) is 0.541. The van der Waals surface area contributed by atoms with Gasteiger partial charge in [0.1, 0.15) is 0 Å². The lowest BCUT2D eigenvalue weighted by Gasteiger charge is -2.27. The average molecular weight is 197 g/mol. The molecule has 1 N–H and O–H groups in total. The van der Waals surface area contributed by atoms with Crippen LogP contribution in [-0.4, -0.2) is 22.4 Å². The van der Waals surface area contributed by atoms with E-state index in [1.165, 1.54) is 6.42 Å². The van der Waals surface area contributed by atoms with Gasteiger partial charge in [0.05, 0.1) is 17.3 Å². The monoisotopic (exact) mass is 197 g/mol. The van der Waals surface area contributed by atoms with E-state index >= 15 is 0 Å². The largest absolute Gasteiger partial charge is 0.393 e. The van der Waals surface area contributed by atoms with Gasteiger partial charge in [0.15, 0.2) is 0 Å². The number of isothiocyanates is 1. The number of thiocarbonyl (C=S) groups is 1. The molecule has 0 aliphatic heterocycles. The van der Waals surface area contributed by atoms with Crippen LogP contribution >= 0.6 is 12.2 Å². The SMILES string of the molecule is CC(O)[C@H]1CC2CC1C[C@@H]2N=C=S. The minimum absolute atomic E-state index is 0.146. The molecule has 2 bridgehead atoms. The normalized spacial score (nSPS) is 44.5. The second-order valence-corrected chi connectivity index (χ2v) is 4.60. The molecule has 2 rings (SSSR count). The summed E-state index contributed by atoms with van der Waals surface area (Å²) in [5, 5.41) is 12.0. The third-order valence-corrected chi connectivity index (χ3v) is 3.82. The number of hydrogen-bond acceptors (Lipinski definition) is 3. The van der Waals surface area contributed by atoms with Gasteiger partial charge < -0.3 is 5.11 Å². The molecule has 0 radical (unpaired) electrons. The maximum Gasteiger partial charge on any atom is 0.0633 e. The zero-order valence-electron chi connectivity index (χ0n) is 7.81. The van der Waals surface area contributed by atoms with Gasteiger partial charge in [-0.25, -0.2) is 4.99 Å². The molecular formula is C10H15NOS. The Bertz CT molecular complexity index is 247. The summed E-state index contributed by atoms with van der Waals surface area (Å²) in [4.78, 5) is 4.18. The van der Waals surface area contributed by atoms with Crippen LogP contribution in [0, 0.1) is 17.8 Å². The summed E-state index contributed by atoms with van der Waals surface area (Å²) >= 11 is 4.62. The van der Waals surface area contributed by atoms with E-state index in [4.69, 9.17) is 0 Å². The fourth-order valence-electron chi connectivity index (χ4n) is 3.11. The van der Waals surface area contributed by atoms with Crippen LogP contribution < -0.4 is 0 Å². The summed E-state index contributed by atoms with van der Waals surface area (Å²) < 4.78 is 0. The van der Waals surface area contributed by atoms with Crippen molar-refractivity contribution in [3.63, 3.8) is 0 Å². The van der Waals surface area contributed by atoms with Crippen LogP contribution in [0.3, 0.4) is 0 Å². The zero-order chi connectivity index (χ0) is 9.42. The van der Waals surface area contributed by atoms with Crippen molar-refractivity contribution < 1.29 is 5.11 Å². The number of rotatable bonds is 2. The number of fused-ring (bicyclic) bond motifs is 2. The van der Waals surface area contributed by atoms with E-state index in [1.54, 1.807) is 0 Å². The topological polar surface area (TPSA) is 32.6 Å². The first-order valence-electron chi connectivity index (χ1n) is 4.97. The molecule has 3 unspecified atom stereocenters. The predicted molar refractivity (Wildman–Crippen MR) is 54.8 cm³/mol. The maximum absolute atomic E-state index is 9.52. The van der Waals surface area contributed by atoms with E-state index < -0.39 is 0 Å². The Labute approximate surface area is 84.1 Å². The Balaban J connectivity index is 2.02. The van der Waals surface area contributed by atoms with Gasteiger partial charge in [-0.2, -0.15) is 0 Å². The van der Waals surface area contributed by atoms with Gasteiger partial charge >= 0.3 is 0 Å². The molecule has 2 aliphatic carbocycles. The molecule has 72 valence electrons. The van der Waals surface area contributed by atoms with Crippen LogP contribution in [0.5, 0.6) is 0 Å². The van der Waals surface area contributed by atoms with E-state index in [0.717, 1.165) is 12.8 Å². The Morgan fingerprint density at radius 2 is 2.15 bits per heavy atom. The van der Waals surface area contributed by atoms with Crippen molar-refractivity contribution in [2.75, 3.05) is 0 Å². The van der Waals surface area contributed by atoms with Crippen molar-refractivity contribution in [3.8, 4) is 0 Å². The first-order chi connectivity index (χ1) is 6.22. The summed E-state index contributed by atoms with van der Waals surface area (Å²) in [5.74, 6) is 1.86. The lowest BCUT2D eigenvalue weighted by molar-refractivity contribution is 0.0874. The van der Waals surface area contributed by atoms with Gasteiger partial charge in [-0.15, -0.1) is 0 Å². The molecule has 0 aromatic heterocycles. The minimum atomic E-state index is -0.146. The van der Waals surface area contributed by atoms with Gasteiger partial charge in [0.25, 0.3) is 0 Å². The van der Waals surface area contributed by atoms with Gasteiger partial charge in [-0.3, -0.25) is 0 Å². The van der Waals surface area contributed by atoms with E-state index in [2.05, 4.69) is 22.4 Å². The first-order valence-corrected chi connectivity index (χ1v) is 5.38. The highest BCUT2D eigenvalue weighted by atomic mass is 32.1. The fraction of sp³-hybridized carbons (Fsp3) is 0.900. The van der Waals surface area contributed by atoms with Crippen molar-refractivity contribution in [3.05, 3.63) is 0 Å². The average Bonchev–Trinajstić information content (AvgIpc) is 2.62. The molecule has 5 atom stereocenters. The Kier molecular flexibility index (Phi) is 2.50. The highest BCUT2D eigenvalue weighted by Gasteiger charge is 2.47. The summed E-state index contributed by atoms with van der Waals surface area (Å²) in [6.45, 7) is 1.91. The summed E-state index contributed by atoms with van der Waals surface area (Å²) in [6, 6.07) is 0.414. The van der Waals surface area contributed by atoms with E-state index in [-0.39, 0.29) is 6.10 Å². The van der Waals surface area contributed by atoms with Crippen LogP contribution in [0.4, 0.5) is 0 Å². The highest BCUT2D eigenvalue weighted by Crippen LogP contribution is 2.50. The molecule has 0 heterocycles. The maximum atomic E-state index is 9.52. The molecule has 2 nitrogen and oxygen atoms in total. The summed E-state index contributed by atoms with van der Waals surface area (Å²) in [6.07, 6.45) is 3.34. The minimum Gasteiger partial charge on any atom is -0.393 e. The van der Waals surface area contributed by atoms with Crippen molar-refractivity contribution in [1.82, 2.24) is 0 Å². The summed E-state index contributed by atoms with van der Waals surface area (Å²) in [7, 11) is 0. The molecule has 2 saturated carbocycles. The molecule has 0 aromatic carbocycles. The Hall–Kier alpha value is -0.240. The standard InChI is InChI=1S/C10H15NOS/c1-6(12)9-3-8-2-7(9)4-10(8)11-5-13/h6-10,12H,2-4H2,1H3/t6?,7?,8?,9-,10+/m1/s1. The predicted octanol–water partition coefficient (Wildman–Crippen LogP) is 1.88. The molecule has 3 heteroatoms. The second kappa shape index (κ2) is 3.49. The van der Waals surface area contributed by atoms with Gasteiger partial charge in [-0.05, 0) is 56.2 Å². The first kappa shape index (κ1) is 9.32. The Morgan fingerprint density at radius 3 is 2.62 bits per heavy atom. The summed E-state index contributed by atoms with van der Waals surface area (Å²) in [5.41, 5.74) is 0. The van der Waals surface area contributed by atoms with Crippen LogP contribution in [0.25, 0.3) is 0 Å². The van der Waals surface area contributed by atoms with Crippen LogP contribution in [0.15, 0.2) is 4.99 Å². The lowest BCUT2D eigenvalue weighted by atomic mass is 9.83. The van der Waals surface area contributed by atoms with Crippen molar-refractivity contribution in [1.29, 1.82) is 0 Å². The van der Waals surface area contributed by atoms with Gasteiger partial charge in [-0.1, -0.05) is 0 Å². The van der Waals surface area contributed by atoms with E-state index in [0.29, 0.717) is 23.8 Å². The number of aliphatic hydroxyl groups is 1. The molecule has 0 amide bonds. The second-order valence-electron chi connectivity index (χ2n) is 4.42. The van der Waals surface area contributed by atoms with Crippen LogP contribution in [0.2, 0.25) is 0 Å². The number of hydrogen-bond donors (Lipinski definition) is 1. The lowest BCUT2D eigenvalue weighted by Crippen LogP contribution is -2.27. The molecule has 2 fully saturated rings. The third kappa shape index (κ3) is 1.56. The highest BCUT2D eigenvalue weighted by molar-refractivity contribution is 7.78. The van der Waals surface area contributed by atoms with Crippen LogP contribution in [-0.2, 0) is 0 Å². The van der Waals surface area contributed by atoms with E-state index in [9.17, 15) is 5.11 Å². The third-order valence-electron chi connectivity index (χ3n) is 3.71. The van der Waals surface area contributed by atoms with Gasteiger partial charge in [0.2, 0.25) is 0 Å². The Morgan fingerprint density at radius 1 is 1.38 bits per heavy atom. The zero-order valence-corrected chi connectivity index (χ0v) is 8.63. The van der Waals surface area contributed by atoms with Gasteiger partial charge in [0, 0.05) is 0 Å². The van der Waals surface area contributed by atoms with E-state index in [1.807, 2.05) is 6.92 Å². The molecule has 2 aliphatic rings. The number of aliphatic hydroxyl groups excluding tert-OH is 1. The number of aliphatic imine (C=N–C) groups is 1. The fourth-order valence-corrected chi connectivity index (χ4v) is 3.24. The molecule has 13 heavy (non-hydrogen) atoms. The molecular weight excluding hydrogens is 182 g/mol. The molecule has 0 aromatic rings. The van der Waals surface area contributed by atoms with Crippen molar-refractivity contribution in [2.45, 2.75) is 38.3 Å². The van der Waals surface area contributed by atoms with Crippen molar-refractivity contribution in [2.24, 2.45) is 22.7 Å². The molecule has 0 spiro atoms. The number of nitrogens with zero attached hydrogens (tertiary/aromatic N) is 1. The van der Waals surface area contributed by atoms with Crippen molar-refractivity contribution >= 4 is 17.4 Å².